The number of rotatable bonds is 3. The Morgan fingerprint density at radius 3 is 2.40 bits per heavy atom. The van der Waals surface area contributed by atoms with Crippen LogP contribution in [0.4, 0.5) is 8.78 Å². The van der Waals surface area contributed by atoms with Crippen LogP contribution in [0.5, 0.6) is 0 Å². The van der Waals surface area contributed by atoms with Crippen molar-refractivity contribution in [2.24, 2.45) is 0 Å². The van der Waals surface area contributed by atoms with Crippen LogP contribution in [0.15, 0.2) is 12.2 Å². The van der Waals surface area contributed by atoms with Gasteiger partial charge in [-0.05, 0) is 12.5 Å². The summed E-state index contributed by atoms with van der Waals surface area (Å²) in [5.41, 5.74) is 0. The third-order valence-electron chi connectivity index (χ3n) is 0.591. The number of halogens is 2. The Balaban J connectivity index is 0. The van der Waals surface area contributed by atoms with Crippen molar-refractivity contribution in [1.29, 1.82) is 0 Å². The van der Waals surface area contributed by atoms with Gasteiger partial charge in [-0.3, -0.25) is 0 Å². The molecule has 0 aliphatic heterocycles. The molecule has 0 saturated heterocycles. The maximum absolute atomic E-state index is 11.2. The Bertz CT molecular complexity index is 135. The van der Waals surface area contributed by atoms with Crippen LogP contribution >= 0.6 is 0 Å². The Hall–Kier alpha value is 0.710. The normalized spacial score (nSPS) is 11.5. The van der Waals surface area contributed by atoms with Crippen molar-refractivity contribution in [3.05, 3.63) is 12.2 Å². The van der Waals surface area contributed by atoms with Gasteiger partial charge in [0.25, 0.3) is 6.08 Å². The second kappa shape index (κ2) is 7.81. The van der Waals surface area contributed by atoms with Crippen molar-refractivity contribution in [1.82, 2.24) is 0 Å². The second-order valence-electron chi connectivity index (χ2n) is 1.31. The van der Waals surface area contributed by atoms with Gasteiger partial charge in [0.05, 0.1) is 5.75 Å². The summed E-state index contributed by atoms with van der Waals surface area (Å²) >= 11 is -1.96. The predicted octanol–water partition coefficient (Wildman–Crippen LogP) is 0.730. The van der Waals surface area contributed by atoms with Crippen LogP contribution in [0.2, 0.25) is 0 Å². The molecule has 1 atom stereocenters. The summed E-state index contributed by atoms with van der Waals surface area (Å²) in [5.74, 6) is -0.128. The van der Waals surface area contributed by atoms with Crippen LogP contribution in [0.3, 0.4) is 0 Å². The van der Waals surface area contributed by atoms with Crippen molar-refractivity contribution in [2.45, 2.75) is 6.42 Å². The third-order valence-corrected chi connectivity index (χ3v) is 1.18. The zero-order valence-electron chi connectivity index (χ0n) is 4.51. The average molecular weight is 180 g/mol. The molecule has 1 N–H and O–H groups in total. The summed E-state index contributed by atoms with van der Waals surface area (Å²) in [6.07, 6.45) is -1.24. The molecule has 0 spiro atoms. The van der Waals surface area contributed by atoms with E-state index in [1.807, 2.05) is 0 Å². The zero-order chi connectivity index (χ0) is 7.28. The van der Waals surface area contributed by atoms with Crippen LogP contribution in [-0.4, -0.2) is 44.1 Å². The fourth-order valence-corrected chi connectivity index (χ4v) is 0.588. The molecule has 0 bridgehead atoms. The van der Waals surface area contributed by atoms with E-state index in [1.54, 1.807) is 0 Å². The first-order valence-electron chi connectivity index (χ1n) is 2.21. The van der Waals surface area contributed by atoms with Crippen LogP contribution < -0.4 is 0 Å². The van der Waals surface area contributed by atoms with Gasteiger partial charge in [0.1, 0.15) is 0 Å². The quantitative estimate of drug-likeness (QED) is 0.513. The molecule has 0 radical (unpaired) electrons. The first-order valence-corrected chi connectivity index (χ1v) is 3.49. The van der Waals surface area contributed by atoms with Gasteiger partial charge in [0.2, 0.25) is 0 Å². The minimum absolute atomic E-state index is 0. The second-order valence-corrected chi connectivity index (χ2v) is 2.36. The number of allylic oxidation sites excluding steroid dienone is 1. The standard InChI is InChI=1S/C4H6F2O2S.Na.H/c5-4(6)2-1-3-9(7)8;;/h2H,1,3H2,(H,7,8);;. The third kappa shape index (κ3) is 11.5. The molecule has 6 heteroatoms. The summed E-state index contributed by atoms with van der Waals surface area (Å²) < 4.78 is 40.2. The topological polar surface area (TPSA) is 37.3 Å². The molecule has 0 aromatic rings. The molecule has 0 aromatic heterocycles. The van der Waals surface area contributed by atoms with Crippen LogP contribution in [-0.2, 0) is 11.1 Å². The fourth-order valence-electron chi connectivity index (χ4n) is 0.269. The molecule has 0 aliphatic rings. The number of hydrogen-bond donors (Lipinski definition) is 1. The van der Waals surface area contributed by atoms with E-state index in [-0.39, 0.29) is 41.7 Å². The van der Waals surface area contributed by atoms with E-state index < -0.39 is 17.2 Å². The van der Waals surface area contributed by atoms with Crippen molar-refractivity contribution in [2.75, 3.05) is 5.75 Å². The van der Waals surface area contributed by atoms with Crippen molar-refractivity contribution >= 4 is 40.6 Å². The van der Waals surface area contributed by atoms with Gasteiger partial charge in [-0.15, -0.1) is 0 Å². The summed E-state index contributed by atoms with van der Waals surface area (Å²) in [4.78, 5) is 0. The Morgan fingerprint density at radius 1 is 1.60 bits per heavy atom. The van der Waals surface area contributed by atoms with E-state index in [0.29, 0.717) is 6.08 Å². The Labute approximate surface area is 82.3 Å². The molecule has 0 rings (SSSR count). The first kappa shape index (κ1) is 13.3. The van der Waals surface area contributed by atoms with Gasteiger partial charge in [0, 0.05) is 0 Å². The van der Waals surface area contributed by atoms with Crippen molar-refractivity contribution in [3.63, 3.8) is 0 Å². The van der Waals surface area contributed by atoms with Crippen LogP contribution in [0.1, 0.15) is 6.42 Å². The molecule has 0 fully saturated rings. The van der Waals surface area contributed by atoms with Crippen molar-refractivity contribution < 1.29 is 17.5 Å². The summed E-state index contributed by atoms with van der Waals surface area (Å²) in [5, 5.41) is 0. The van der Waals surface area contributed by atoms with E-state index >= 15 is 0 Å². The van der Waals surface area contributed by atoms with E-state index in [9.17, 15) is 13.0 Å². The number of hydrogen-bond acceptors (Lipinski definition) is 1. The Morgan fingerprint density at radius 2 is 2.10 bits per heavy atom. The van der Waals surface area contributed by atoms with Gasteiger partial charge in [-0.25, -0.2) is 4.21 Å². The molecular formula is C4H7F2NaO2S. The van der Waals surface area contributed by atoms with E-state index in [4.69, 9.17) is 4.55 Å². The molecule has 0 saturated carbocycles. The molecule has 0 amide bonds. The van der Waals surface area contributed by atoms with Crippen LogP contribution in [0, 0.1) is 0 Å². The molecular weight excluding hydrogens is 173 g/mol. The van der Waals surface area contributed by atoms with Gasteiger partial charge in [-0.2, -0.15) is 8.78 Å². The van der Waals surface area contributed by atoms with Gasteiger partial charge < -0.3 is 4.55 Å². The maximum atomic E-state index is 11.2. The molecule has 56 valence electrons. The van der Waals surface area contributed by atoms with Gasteiger partial charge in [-0.1, -0.05) is 0 Å². The Kier molecular flexibility index (Phi) is 10.4. The molecule has 0 aliphatic carbocycles. The summed E-state index contributed by atoms with van der Waals surface area (Å²) in [7, 11) is 0. The monoisotopic (exact) mass is 180 g/mol. The first-order chi connectivity index (χ1) is 4.13. The molecule has 0 aromatic carbocycles. The van der Waals surface area contributed by atoms with Crippen molar-refractivity contribution in [3.8, 4) is 0 Å². The average Bonchev–Trinajstić information content (AvgIpc) is 1.63. The minimum atomic E-state index is -1.96. The molecule has 2 nitrogen and oxygen atoms in total. The van der Waals surface area contributed by atoms with E-state index in [0.717, 1.165) is 0 Å². The summed E-state index contributed by atoms with van der Waals surface area (Å²) in [6, 6.07) is 0. The SMILES string of the molecule is O=S(O)CCC=C(F)F.[NaH]. The van der Waals surface area contributed by atoms with Crippen LogP contribution in [0.25, 0.3) is 0 Å². The van der Waals surface area contributed by atoms with Gasteiger partial charge >= 0.3 is 29.6 Å². The van der Waals surface area contributed by atoms with E-state index in [2.05, 4.69) is 0 Å². The van der Waals surface area contributed by atoms with Gasteiger partial charge in [0.15, 0.2) is 11.1 Å². The predicted molar refractivity (Wildman–Crippen MR) is 37.7 cm³/mol. The summed E-state index contributed by atoms with van der Waals surface area (Å²) in [6.45, 7) is 0. The molecule has 10 heavy (non-hydrogen) atoms. The molecule has 1 unspecified atom stereocenters. The molecule has 0 heterocycles. The fraction of sp³-hybridized carbons (Fsp3) is 0.500. The zero-order valence-corrected chi connectivity index (χ0v) is 5.33. The van der Waals surface area contributed by atoms with E-state index in [1.165, 1.54) is 0 Å².